The first-order chi connectivity index (χ1) is 10.7. The highest BCUT2D eigenvalue weighted by Crippen LogP contribution is 2.19. The lowest BCUT2D eigenvalue weighted by Crippen LogP contribution is -2.46. The predicted octanol–water partition coefficient (Wildman–Crippen LogP) is 1.98. The molecule has 4 heteroatoms. The molecule has 1 saturated heterocycles. The van der Waals surface area contributed by atoms with E-state index in [9.17, 15) is 4.79 Å². The standard InChI is InChI=1S/C18H26N2O2/c1-14(19-18(21)16-7-10-22-11-8-16)12-20-9-6-15-4-2-3-5-17(15)13-20/h2-5,14,16H,6-13H2,1H3,(H,19,21)/t14-/m1/s1. The minimum Gasteiger partial charge on any atom is -0.381 e. The van der Waals surface area contributed by atoms with Gasteiger partial charge in [0.15, 0.2) is 0 Å². The first kappa shape index (κ1) is 15.5. The van der Waals surface area contributed by atoms with Gasteiger partial charge >= 0.3 is 0 Å². The summed E-state index contributed by atoms with van der Waals surface area (Å²) < 4.78 is 5.32. The summed E-state index contributed by atoms with van der Waals surface area (Å²) in [7, 11) is 0. The van der Waals surface area contributed by atoms with Crippen molar-refractivity contribution in [2.24, 2.45) is 5.92 Å². The first-order valence-electron chi connectivity index (χ1n) is 8.39. The van der Waals surface area contributed by atoms with Gasteiger partial charge in [-0.2, -0.15) is 0 Å². The number of nitrogens with one attached hydrogen (secondary N) is 1. The van der Waals surface area contributed by atoms with Crippen molar-refractivity contribution in [1.29, 1.82) is 0 Å². The van der Waals surface area contributed by atoms with E-state index in [4.69, 9.17) is 4.74 Å². The molecular weight excluding hydrogens is 276 g/mol. The van der Waals surface area contributed by atoms with E-state index in [1.54, 1.807) is 0 Å². The molecule has 1 amide bonds. The molecule has 1 aromatic rings. The quantitative estimate of drug-likeness (QED) is 0.924. The number of rotatable bonds is 4. The van der Waals surface area contributed by atoms with Crippen LogP contribution in [0.3, 0.4) is 0 Å². The maximum Gasteiger partial charge on any atom is 0.223 e. The lowest BCUT2D eigenvalue weighted by atomic mass is 9.98. The minimum atomic E-state index is 0.137. The second-order valence-electron chi connectivity index (χ2n) is 6.55. The van der Waals surface area contributed by atoms with Crippen LogP contribution in [0.25, 0.3) is 0 Å². The number of carbonyl (C=O) groups is 1. The van der Waals surface area contributed by atoms with E-state index in [-0.39, 0.29) is 17.9 Å². The summed E-state index contributed by atoms with van der Waals surface area (Å²) in [6.07, 6.45) is 2.82. The van der Waals surface area contributed by atoms with Gasteiger partial charge in [-0.15, -0.1) is 0 Å². The molecule has 120 valence electrons. The average Bonchev–Trinajstić information content (AvgIpc) is 2.55. The highest BCUT2D eigenvalue weighted by atomic mass is 16.5. The predicted molar refractivity (Wildman–Crippen MR) is 86.6 cm³/mol. The van der Waals surface area contributed by atoms with Gasteiger partial charge in [-0.25, -0.2) is 0 Å². The molecule has 0 bridgehead atoms. The molecule has 0 unspecified atom stereocenters. The SMILES string of the molecule is C[C@H](CN1CCc2ccccc2C1)NC(=O)C1CCOCC1. The van der Waals surface area contributed by atoms with E-state index in [1.165, 1.54) is 11.1 Å². The van der Waals surface area contributed by atoms with Crippen molar-refractivity contribution in [2.75, 3.05) is 26.3 Å². The fourth-order valence-electron chi connectivity index (χ4n) is 3.46. The Labute approximate surface area is 132 Å². The van der Waals surface area contributed by atoms with Gasteiger partial charge in [0.1, 0.15) is 0 Å². The lowest BCUT2D eigenvalue weighted by Gasteiger charge is -2.31. The number of fused-ring (bicyclic) bond motifs is 1. The number of hydrogen-bond acceptors (Lipinski definition) is 3. The average molecular weight is 302 g/mol. The van der Waals surface area contributed by atoms with Gasteiger partial charge < -0.3 is 10.1 Å². The monoisotopic (exact) mass is 302 g/mol. The molecule has 0 saturated carbocycles. The van der Waals surface area contributed by atoms with E-state index in [0.717, 1.165) is 52.1 Å². The van der Waals surface area contributed by atoms with Crippen LogP contribution in [-0.4, -0.2) is 43.2 Å². The van der Waals surface area contributed by atoms with Crippen LogP contribution in [0.2, 0.25) is 0 Å². The van der Waals surface area contributed by atoms with Crippen molar-refractivity contribution in [3.8, 4) is 0 Å². The third kappa shape index (κ3) is 3.87. The topological polar surface area (TPSA) is 41.6 Å². The minimum absolute atomic E-state index is 0.137. The smallest absolute Gasteiger partial charge is 0.223 e. The van der Waals surface area contributed by atoms with Crippen molar-refractivity contribution in [3.63, 3.8) is 0 Å². The van der Waals surface area contributed by atoms with Crippen molar-refractivity contribution < 1.29 is 9.53 Å². The van der Waals surface area contributed by atoms with E-state index in [0.29, 0.717) is 0 Å². The molecule has 2 heterocycles. The molecule has 1 aromatic carbocycles. The lowest BCUT2D eigenvalue weighted by molar-refractivity contribution is -0.128. The Balaban J connectivity index is 1.48. The fraction of sp³-hybridized carbons (Fsp3) is 0.611. The van der Waals surface area contributed by atoms with Crippen LogP contribution in [0.1, 0.15) is 30.9 Å². The molecule has 3 rings (SSSR count). The summed E-state index contributed by atoms with van der Waals surface area (Å²) in [4.78, 5) is 14.7. The van der Waals surface area contributed by atoms with Crippen LogP contribution < -0.4 is 5.32 Å². The molecule has 1 fully saturated rings. The van der Waals surface area contributed by atoms with Gasteiger partial charge in [-0.05, 0) is 37.3 Å². The summed E-state index contributed by atoms with van der Waals surface area (Å²) >= 11 is 0. The summed E-state index contributed by atoms with van der Waals surface area (Å²) in [5.74, 6) is 0.339. The molecule has 22 heavy (non-hydrogen) atoms. The molecule has 4 nitrogen and oxygen atoms in total. The Hall–Kier alpha value is -1.39. The van der Waals surface area contributed by atoms with E-state index in [1.807, 2.05) is 0 Å². The van der Waals surface area contributed by atoms with Crippen molar-refractivity contribution in [2.45, 2.75) is 38.8 Å². The van der Waals surface area contributed by atoms with Gasteiger partial charge in [0.05, 0.1) is 0 Å². The molecule has 0 aromatic heterocycles. The second-order valence-corrected chi connectivity index (χ2v) is 6.55. The summed E-state index contributed by atoms with van der Waals surface area (Å²) in [6, 6.07) is 8.86. The zero-order valence-corrected chi connectivity index (χ0v) is 13.4. The zero-order chi connectivity index (χ0) is 15.4. The van der Waals surface area contributed by atoms with E-state index >= 15 is 0 Å². The van der Waals surface area contributed by atoms with Gasteiger partial charge in [0.25, 0.3) is 0 Å². The van der Waals surface area contributed by atoms with Crippen LogP contribution in [0.5, 0.6) is 0 Å². The number of benzene rings is 1. The van der Waals surface area contributed by atoms with Gasteiger partial charge in [-0.3, -0.25) is 9.69 Å². The molecule has 0 aliphatic carbocycles. The number of carbonyl (C=O) groups excluding carboxylic acids is 1. The van der Waals surface area contributed by atoms with E-state index < -0.39 is 0 Å². The zero-order valence-electron chi connectivity index (χ0n) is 13.4. The van der Waals surface area contributed by atoms with Gasteiger partial charge in [-0.1, -0.05) is 24.3 Å². The molecule has 2 aliphatic rings. The molecule has 2 aliphatic heterocycles. The highest BCUT2D eigenvalue weighted by Gasteiger charge is 2.24. The van der Waals surface area contributed by atoms with Gasteiger partial charge in [0, 0.05) is 44.8 Å². The van der Waals surface area contributed by atoms with Crippen LogP contribution in [0.4, 0.5) is 0 Å². The van der Waals surface area contributed by atoms with E-state index in [2.05, 4.69) is 41.4 Å². The Morgan fingerprint density at radius 3 is 2.82 bits per heavy atom. The Bertz CT molecular complexity index is 512. The van der Waals surface area contributed by atoms with Crippen molar-refractivity contribution in [3.05, 3.63) is 35.4 Å². The van der Waals surface area contributed by atoms with Crippen LogP contribution in [0, 0.1) is 5.92 Å². The summed E-state index contributed by atoms with van der Waals surface area (Å²) in [6.45, 7) is 6.54. The fourth-order valence-corrected chi connectivity index (χ4v) is 3.46. The molecule has 1 atom stereocenters. The third-order valence-corrected chi connectivity index (χ3v) is 4.72. The number of nitrogens with zero attached hydrogens (tertiary/aromatic N) is 1. The highest BCUT2D eigenvalue weighted by molar-refractivity contribution is 5.79. The molecule has 1 N–H and O–H groups in total. The molecule has 0 radical (unpaired) electrons. The Morgan fingerprint density at radius 2 is 2.05 bits per heavy atom. The normalized spacial score (nSPS) is 21.1. The van der Waals surface area contributed by atoms with Gasteiger partial charge in [0.2, 0.25) is 5.91 Å². The Kier molecular flexibility index (Phi) is 5.11. The maximum atomic E-state index is 12.3. The summed E-state index contributed by atoms with van der Waals surface area (Å²) in [5, 5.41) is 3.18. The molecular formula is C18H26N2O2. The van der Waals surface area contributed by atoms with Crippen molar-refractivity contribution in [1.82, 2.24) is 10.2 Å². The number of hydrogen-bond donors (Lipinski definition) is 1. The van der Waals surface area contributed by atoms with Crippen molar-refractivity contribution >= 4 is 5.91 Å². The largest absolute Gasteiger partial charge is 0.381 e. The van der Waals surface area contributed by atoms with Crippen LogP contribution >= 0.6 is 0 Å². The summed E-state index contributed by atoms with van der Waals surface area (Å²) in [5.41, 5.74) is 2.90. The number of amides is 1. The first-order valence-corrected chi connectivity index (χ1v) is 8.39. The van der Waals surface area contributed by atoms with Crippen LogP contribution in [0.15, 0.2) is 24.3 Å². The van der Waals surface area contributed by atoms with Crippen LogP contribution in [-0.2, 0) is 22.5 Å². The Morgan fingerprint density at radius 1 is 1.32 bits per heavy atom. The second kappa shape index (κ2) is 7.25. The maximum absolute atomic E-state index is 12.3. The molecule has 0 spiro atoms. The third-order valence-electron chi connectivity index (χ3n) is 4.72. The number of ether oxygens (including phenoxy) is 1.